The van der Waals surface area contributed by atoms with Crippen molar-refractivity contribution in [3.05, 3.63) is 71.9 Å². The molecule has 1 aliphatic heterocycles. The fourth-order valence-electron chi connectivity index (χ4n) is 4.78. The number of thiazole rings is 1. The van der Waals surface area contributed by atoms with Crippen LogP contribution in [0, 0.1) is 0 Å². The second kappa shape index (κ2) is 8.53. The van der Waals surface area contributed by atoms with Crippen molar-refractivity contribution in [2.45, 2.75) is 19.4 Å². The van der Waals surface area contributed by atoms with Crippen molar-refractivity contribution >= 4 is 44.2 Å². The Morgan fingerprint density at radius 2 is 1.97 bits per heavy atom. The summed E-state index contributed by atoms with van der Waals surface area (Å²) >= 11 is 1.62. The number of para-hydroxylation sites is 3. The van der Waals surface area contributed by atoms with Crippen LogP contribution in [-0.4, -0.2) is 56.4 Å². The van der Waals surface area contributed by atoms with Crippen molar-refractivity contribution in [1.29, 1.82) is 0 Å². The van der Waals surface area contributed by atoms with E-state index in [1.54, 1.807) is 17.5 Å². The number of nitrogens with zero attached hydrogens (tertiary/aromatic N) is 5. The summed E-state index contributed by atoms with van der Waals surface area (Å²) in [6, 6.07) is 18.1. The van der Waals surface area contributed by atoms with Gasteiger partial charge in [0.05, 0.1) is 28.5 Å². The predicted octanol–water partition coefficient (Wildman–Crippen LogP) is 4.51. The number of piperazine rings is 1. The molecule has 1 aliphatic rings. The van der Waals surface area contributed by atoms with E-state index in [2.05, 4.69) is 26.8 Å². The van der Waals surface area contributed by atoms with Gasteiger partial charge in [0.25, 0.3) is 0 Å². The number of benzene rings is 2. The lowest BCUT2D eigenvalue weighted by Gasteiger charge is -2.40. The highest BCUT2D eigenvalue weighted by Crippen LogP contribution is 2.34. The van der Waals surface area contributed by atoms with Gasteiger partial charge in [0.1, 0.15) is 10.7 Å². The van der Waals surface area contributed by atoms with Crippen LogP contribution < -0.4 is 4.90 Å². The number of nitrogens with one attached hydrogen (secondary N) is 1. The molecule has 2 aromatic carbocycles. The number of carbonyl (C=O) groups excluding carboxylic acids is 1. The van der Waals surface area contributed by atoms with E-state index in [0.29, 0.717) is 13.0 Å². The number of anilines is 1. The number of aromatic nitrogens is 4. The lowest BCUT2D eigenvalue weighted by molar-refractivity contribution is -0.132. The molecule has 170 valence electrons. The number of amides is 1. The highest BCUT2D eigenvalue weighted by Gasteiger charge is 2.30. The van der Waals surface area contributed by atoms with Crippen LogP contribution in [0.3, 0.4) is 0 Å². The fourth-order valence-corrected chi connectivity index (χ4v) is 5.61. The Morgan fingerprint density at radius 3 is 2.85 bits per heavy atom. The molecule has 4 heterocycles. The van der Waals surface area contributed by atoms with Gasteiger partial charge in [0.2, 0.25) is 5.91 Å². The first kappa shape index (κ1) is 20.8. The third kappa shape index (κ3) is 3.70. The Hall–Kier alpha value is -3.78. The van der Waals surface area contributed by atoms with Crippen molar-refractivity contribution < 1.29 is 4.79 Å². The summed E-state index contributed by atoms with van der Waals surface area (Å²) in [5.41, 5.74) is 6.56. The number of H-pyrrole nitrogens is 1. The lowest BCUT2D eigenvalue weighted by Crippen LogP contribution is -2.54. The molecule has 0 radical (unpaired) electrons. The minimum atomic E-state index is 0.0924. The van der Waals surface area contributed by atoms with E-state index in [-0.39, 0.29) is 11.9 Å². The maximum atomic E-state index is 13.3. The van der Waals surface area contributed by atoms with Crippen LogP contribution in [0.4, 0.5) is 5.00 Å². The largest absolute Gasteiger partial charge is 0.358 e. The summed E-state index contributed by atoms with van der Waals surface area (Å²) in [6.45, 7) is 4.32. The number of pyridine rings is 1. The van der Waals surface area contributed by atoms with Gasteiger partial charge < -0.3 is 14.8 Å². The van der Waals surface area contributed by atoms with Crippen molar-refractivity contribution in [1.82, 2.24) is 24.8 Å². The summed E-state index contributed by atoms with van der Waals surface area (Å²) < 4.78 is 0. The van der Waals surface area contributed by atoms with E-state index in [1.807, 2.05) is 65.0 Å². The molecule has 6 rings (SSSR count). The molecule has 1 N–H and O–H groups in total. The molecule has 0 bridgehead atoms. The highest BCUT2D eigenvalue weighted by atomic mass is 32.1. The number of rotatable bonds is 4. The number of carbonyl (C=O) groups is 1. The monoisotopic (exact) mass is 468 g/mol. The molecule has 3 aromatic heterocycles. The SMILES string of the molecule is CC1CN(c2scnc2-c2nc3ccccc3[nH]2)CCN1C(=O)Cc1cccc2cccnc12. The van der Waals surface area contributed by atoms with Gasteiger partial charge in [-0.25, -0.2) is 9.97 Å². The van der Waals surface area contributed by atoms with Crippen molar-refractivity contribution in [3.63, 3.8) is 0 Å². The van der Waals surface area contributed by atoms with Crippen LogP contribution in [-0.2, 0) is 11.2 Å². The van der Waals surface area contributed by atoms with Gasteiger partial charge in [-0.3, -0.25) is 9.78 Å². The van der Waals surface area contributed by atoms with Gasteiger partial charge in [-0.2, -0.15) is 0 Å². The van der Waals surface area contributed by atoms with Crippen molar-refractivity contribution in [2.75, 3.05) is 24.5 Å². The number of fused-ring (bicyclic) bond motifs is 2. The molecule has 34 heavy (non-hydrogen) atoms. The summed E-state index contributed by atoms with van der Waals surface area (Å²) in [4.78, 5) is 34.8. The standard InChI is InChI=1S/C26H24N6OS/c1-17-15-31(26-24(28-16-34-26)25-29-20-9-2-3-10-21(20)30-25)12-13-32(17)22(33)14-19-7-4-6-18-8-5-11-27-23(18)19/h2-11,16-17H,12-15H2,1H3,(H,29,30). The molecule has 1 fully saturated rings. The Bertz CT molecular complexity index is 1450. The first-order valence-electron chi connectivity index (χ1n) is 11.4. The molecular formula is C26H24N6OS. The quantitative estimate of drug-likeness (QED) is 0.420. The van der Waals surface area contributed by atoms with Crippen LogP contribution in [0.2, 0.25) is 0 Å². The summed E-state index contributed by atoms with van der Waals surface area (Å²) in [5.74, 6) is 0.930. The first-order chi connectivity index (χ1) is 16.7. The van der Waals surface area contributed by atoms with Gasteiger partial charge in [0, 0.05) is 37.3 Å². The van der Waals surface area contributed by atoms with Gasteiger partial charge in [-0.05, 0) is 30.7 Å². The number of imidazole rings is 1. The average molecular weight is 469 g/mol. The molecule has 1 atom stereocenters. The second-order valence-corrected chi connectivity index (χ2v) is 9.49. The molecule has 1 unspecified atom stereocenters. The van der Waals surface area contributed by atoms with Crippen LogP contribution in [0.5, 0.6) is 0 Å². The van der Waals surface area contributed by atoms with E-state index in [9.17, 15) is 4.79 Å². The van der Waals surface area contributed by atoms with Crippen LogP contribution in [0.15, 0.2) is 66.3 Å². The number of hydrogen-bond acceptors (Lipinski definition) is 6. The summed E-state index contributed by atoms with van der Waals surface area (Å²) in [6.07, 6.45) is 2.15. The topological polar surface area (TPSA) is 78.0 Å². The van der Waals surface area contributed by atoms with Crippen molar-refractivity contribution in [3.8, 4) is 11.5 Å². The number of hydrogen-bond donors (Lipinski definition) is 1. The smallest absolute Gasteiger partial charge is 0.227 e. The Balaban J connectivity index is 1.19. The van der Waals surface area contributed by atoms with Crippen LogP contribution in [0.1, 0.15) is 12.5 Å². The zero-order chi connectivity index (χ0) is 23.1. The normalized spacial score (nSPS) is 16.4. The fraction of sp³-hybridized carbons (Fsp3) is 0.231. The number of aromatic amines is 1. The summed E-state index contributed by atoms with van der Waals surface area (Å²) in [7, 11) is 0. The molecule has 1 amide bonds. The van der Waals surface area contributed by atoms with Crippen LogP contribution >= 0.6 is 11.3 Å². The van der Waals surface area contributed by atoms with Crippen molar-refractivity contribution in [2.24, 2.45) is 0 Å². The second-order valence-electron chi connectivity index (χ2n) is 8.66. The highest BCUT2D eigenvalue weighted by molar-refractivity contribution is 7.14. The third-order valence-electron chi connectivity index (χ3n) is 6.46. The predicted molar refractivity (Wildman–Crippen MR) is 136 cm³/mol. The maximum absolute atomic E-state index is 13.3. The van der Waals surface area contributed by atoms with Gasteiger partial charge in [-0.1, -0.05) is 36.4 Å². The first-order valence-corrected chi connectivity index (χ1v) is 12.3. The zero-order valence-corrected chi connectivity index (χ0v) is 19.6. The van der Waals surface area contributed by atoms with E-state index >= 15 is 0 Å². The Kier molecular flexibility index (Phi) is 5.22. The Labute approximate surface area is 201 Å². The molecule has 0 saturated carbocycles. The molecule has 8 heteroatoms. The zero-order valence-electron chi connectivity index (χ0n) is 18.8. The molecule has 5 aromatic rings. The molecule has 1 saturated heterocycles. The van der Waals surface area contributed by atoms with Gasteiger partial charge in [-0.15, -0.1) is 11.3 Å². The van der Waals surface area contributed by atoms with E-state index in [4.69, 9.17) is 4.98 Å². The minimum Gasteiger partial charge on any atom is -0.358 e. The molecule has 7 nitrogen and oxygen atoms in total. The van der Waals surface area contributed by atoms with E-state index in [0.717, 1.165) is 57.1 Å². The van der Waals surface area contributed by atoms with Crippen LogP contribution in [0.25, 0.3) is 33.5 Å². The van der Waals surface area contributed by atoms with Gasteiger partial charge in [0.15, 0.2) is 5.82 Å². The van der Waals surface area contributed by atoms with E-state index in [1.165, 1.54) is 0 Å². The third-order valence-corrected chi connectivity index (χ3v) is 7.34. The molecule has 0 spiro atoms. The maximum Gasteiger partial charge on any atom is 0.227 e. The van der Waals surface area contributed by atoms with E-state index < -0.39 is 0 Å². The molecule has 0 aliphatic carbocycles. The van der Waals surface area contributed by atoms with Gasteiger partial charge >= 0.3 is 0 Å². The molecular weight excluding hydrogens is 444 g/mol. The lowest BCUT2D eigenvalue weighted by atomic mass is 10.1. The minimum absolute atomic E-state index is 0.0924. The summed E-state index contributed by atoms with van der Waals surface area (Å²) in [5, 5.41) is 2.16. The average Bonchev–Trinajstić information content (AvgIpc) is 3.51. The Morgan fingerprint density at radius 1 is 1.09 bits per heavy atom.